The van der Waals surface area contributed by atoms with Crippen molar-refractivity contribution in [3.8, 4) is 0 Å². The molecule has 1 N–H and O–H groups in total. The molecule has 12 heavy (non-hydrogen) atoms. The summed E-state index contributed by atoms with van der Waals surface area (Å²) in [6, 6.07) is 0.705. The van der Waals surface area contributed by atoms with Crippen LogP contribution >= 0.6 is 0 Å². The molecule has 72 valence electrons. The summed E-state index contributed by atoms with van der Waals surface area (Å²) in [7, 11) is 0. The van der Waals surface area contributed by atoms with Crippen molar-refractivity contribution >= 4 is 0 Å². The molecule has 0 aromatic carbocycles. The van der Waals surface area contributed by atoms with Gasteiger partial charge in [0.1, 0.15) is 0 Å². The lowest BCUT2D eigenvalue weighted by atomic mass is 10.2. The predicted octanol–water partition coefficient (Wildman–Crippen LogP) is 0.478. The molecule has 0 saturated carbocycles. The van der Waals surface area contributed by atoms with E-state index in [4.69, 9.17) is 9.84 Å². The summed E-state index contributed by atoms with van der Waals surface area (Å²) in [5.41, 5.74) is 0. The second-order valence-electron chi connectivity index (χ2n) is 3.60. The number of ether oxygens (including phenoxy) is 1. The molecule has 0 aromatic rings. The van der Waals surface area contributed by atoms with Crippen molar-refractivity contribution in [1.82, 2.24) is 4.90 Å². The smallest absolute Gasteiger partial charge is 0.0644 e. The van der Waals surface area contributed by atoms with Crippen LogP contribution in [0.3, 0.4) is 0 Å². The van der Waals surface area contributed by atoms with Crippen LogP contribution < -0.4 is 0 Å². The first kappa shape index (κ1) is 9.96. The molecule has 3 heteroatoms. The average molecular weight is 173 g/mol. The van der Waals surface area contributed by atoms with Gasteiger partial charge in [0, 0.05) is 19.2 Å². The molecule has 1 heterocycles. The first-order valence-electron chi connectivity index (χ1n) is 4.70. The van der Waals surface area contributed by atoms with Gasteiger partial charge < -0.3 is 9.84 Å². The largest absolute Gasteiger partial charge is 0.395 e. The third kappa shape index (κ3) is 2.44. The molecule has 1 fully saturated rings. The molecule has 1 saturated heterocycles. The minimum atomic E-state index is 0.201. The number of hydrogen-bond donors (Lipinski definition) is 1. The molecular formula is C9H19NO2. The van der Waals surface area contributed by atoms with E-state index in [2.05, 4.69) is 18.7 Å². The quantitative estimate of drug-likeness (QED) is 0.659. The molecule has 1 aliphatic heterocycles. The number of aliphatic hydroxyl groups is 1. The normalized spacial score (nSPS) is 27.5. The molecule has 1 aliphatic rings. The number of nitrogens with zero attached hydrogens (tertiary/aromatic N) is 1. The predicted molar refractivity (Wildman–Crippen MR) is 48.2 cm³/mol. The van der Waals surface area contributed by atoms with Crippen LogP contribution in [0.15, 0.2) is 0 Å². The Kier molecular flexibility index (Phi) is 3.98. The third-order valence-corrected chi connectivity index (χ3v) is 2.36. The van der Waals surface area contributed by atoms with Crippen molar-refractivity contribution in [2.24, 2.45) is 0 Å². The van der Waals surface area contributed by atoms with E-state index >= 15 is 0 Å². The van der Waals surface area contributed by atoms with Gasteiger partial charge in [0.2, 0.25) is 0 Å². The summed E-state index contributed by atoms with van der Waals surface area (Å²) in [5.74, 6) is 0. The summed E-state index contributed by atoms with van der Waals surface area (Å²) >= 11 is 0. The van der Waals surface area contributed by atoms with Gasteiger partial charge in [-0.05, 0) is 20.3 Å². The number of aliphatic hydroxyl groups excluding tert-OH is 1. The van der Waals surface area contributed by atoms with Crippen molar-refractivity contribution in [3.05, 3.63) is 0 Å². The number of hydrogen-bond acceptors (Lipinski definition) is 3. The van der Waals surface area contributed by atoms with Crippen LogP contribution in [0.25, 0.3) is 0 Å². The molecule has 0 amide bonds. The Hall–Kier alpha value is -0.120. The first-order valence-corrected chi connectivity index (χ1v) is 4.70. The van der Waals surface area contributed by atoms with E-state index in [0.717, 1.165) is 19.6 Å². The fraction of sp³-hybridized carbons (Fsp3) is 1.00. The van der Waals surface area contributed by atoms with Gasteiger partial charge in [-0.15, -0.1) is 0 Å². The Labute approximate surface area is 74.3 Å². The van der Waals surface area contributed by atoms with Gasteiger partial charge in [0.15, 0.2) is 0 Å². The molecule has 1 rings (SSSR count). The highest BCUT2D eigenvalue weighted by Crippen LogP contribution is 2.10. The van der Waals surface area contributed by atoms with Crippen LogP contribution in [0.2, 0.25) is 0 Å². The summed E-state index contributed by atoms with van der Waals surface area (Å²) in [6.07, 6.45) is 1.08. The molecule has 3 nitrogen and oxygen atoms in total. The van der Waals surface area contributed by atoms with E-state index in [-0.39, 0.29) is 12.6 Å². The molecule has 0 aliphatic carbocycles. The Bertz CT molecular complexity index is 128. The monoisotopic (exact) mass is 173 g/mol. The molecule has 0 aromatic heterocycles. The molecule has 0 bridgehead atoms. The fourth-order valence-electron chi connectivity index (χ4n) is 1.68. The number of rotatable bonds is 2. The lowest BCUT2D eigenvalue weighted by molar-refractivity contribution is 0.0515. The standard InChI is InChI=1S/C9H19NO2/c1-8(2)10-4-3-5-12-7-9(10)6-11/h8-9,11H,3-7H2,1-2H3/t9-/m0/s1. The van der Waals surface area contributed by atoms with Gasteiger partial charge in [-0.3, -0.25) is 4.90 Å². The maximum atomic E-state index is 9.11. The van der Waals surface area contributed by atoms with E-state index in [1.807, 2.05) is 0 Å². The zero-order valence-electron chi connectivity index (χ0n) is 7.99. The van der Waals surface area contributed by atoms with Gasteiger partial charge >= 0.3 is 0 Å². The zero-order valence-corrected chi connectivity index (χ0v) is 7.99. The molecule has 0 unspecified atom stereocenters. The maximum absolute atomic E-state index is 9.11. The lowest BCUT2D eigenvalue weighted by Gasteiger charge is -2.31. The van der Waals surface area contributed by atoms with Crippen LogP contribution in [0.1, 0.15) is 20.3 Å². The third-order valence-electron chi connectivity index (χ3n) is 2.36. The van der Waals surface area contributed by atoms with Crippen LogP contribution in [0.5, 0.6) is 0 Å². The summed E-state index contributed by atoms with van der Waals surface area (Å²) in [6.45, 7) is 7.08. The molecular weight excluding hydrogens is 154 g/mol. The van der Waals surface area contributed by atoms with Crippen LogP contribution in [-0.4, -0.2) is 48.5 Å². The lowest BCUT2D eigenvalue weighted by Crippen LogP contribution is -2.44. The van der Waals surface area contributed by atoms with Gasteiger partial charge in [-0.25, -0.2) is 0 Å². The average Bonchev–Trinajstić information content (AvgIpc) is 2.27. The Balaban J connectivity index is 2.51. The molecule has 0 radical (unpaired) electrons. The van der Waals surface area contributed by atoms with Gasteiger partial charge in [0.25, 0.3) is 0 Å². The minimum absolute atomic E-state index is 0.201. The highest BCUT2D eigenvalue weighted by atomic mass is 16.5. The zero-order chi connectivity index (χ0) is 8.97. The van der Waals surface area contributed by atoms with Crippen LogP contribution in [0, 0.1) is 0 Å². The second-order valence-corrected chi connectivity index (χ2v) is 3.60. The summed E-state index contributed by atoms with van der Waals surface area (Å²) in [4.78, 5) is 2.31. The summed E-state index contributed by atoms with van der Waals surface area (Å²) < 4.78 is 5.38. The van der Waals surface area contributed by atoms with E-state index in [1.54, 1.807) is 0 Å². The molecule has 1 atom stereocenters. The Morgan fingerprint density at radius 3 is 2.92 bits per heavy atom. The van der Waals surface area contributed by atoms with Gasteiger partial charge in [-0.1, -0.05) is 0 Å². The second kappa shape index (κ2) is 4.80. The van der Waals surface area contributed by atoms with Crippen molar-refractivity contribution in [3.63, 3.8) is 0 Å². The highest BCUT2D eigenvalue weighted by molar-refractivity contribution is 4.75. The minimum Gasteiger partial charge on any atom is -0.395 e. The van der Waals surface area contributed by atoms with Gasteiger partial charge in [-0.2, -0.15) is 0 Å². The SMILES string of the molecule is CC(C)N1CCCOC[C@@H]1CO. The van der Waals surface area contributed by atoms with Crippen LogP contribution in [-0.2, 0) is 4.74 Å². The maximum Gasteiger partial charge on any atom is 0.0644 e. The topological polar surface area (TPSA) is 32.7 Å². The fourth-order valence-corrected chi connectivity index (χ4v) is 1.68. The van der Waals surface area contributed by atoms with Crippen molar-refractivity contribution in [2.75, 3.05) is 26.4 Å². The van der Waals surface area contributed by atoms with Crippen molar-refractivity contribution in [2.45, 2.75) is 32.4 Å². The first-order chi connectivity index (χ1) is 5.75. The van der Waals surface area contributed by atoms with E-state index < -0.39 is 0 Å². The van der Waals surface area contributed by atoms with Crippen molar-refractivity contribution in [1.29, 1.82) is 0 Å². The molecule has 0 spiro atoms. The highest BCUT2D eigenvalue weighted by Gasteiger charge is 2.22. The Morgan fingerprint density at radius 1 is 1.58 bits per heavy atom. The van der Waals surface area contributed by atoms with E-state index in [1.165, 1.54) is 0 Å². The van der Waals surface area contributed by atoms with Crippen LogP contribution in [0.4, 0.5) is 0 Å². The van der Waals surface area contributed by atoms with Crippen molar-refractivity contribution < 1.29 is 9.84 Å². The van der Waals surface area contributed by atoms with Gasteiger partial charge in [0.05, 0.1) is 19.3 Å². The van der Waals surface area contributed by atoms with E-state index in [9.17, 15) is 0 Å². The van der Waals surface area contributed by atoms with E-state index in [0.29, 0.717) is 12.6 Å². The Morgan fingerprint density at radius 2 is 2.33 bits per heavy atom. The summed E-state index contributed by atoms with van der Waals surface area (Å²) in [5, 5.41) is 9.11.